The molecule has 7 nitrogen and oxygen atoms in total. The summed E-state index contributed by atoms with van der Waals surface area (Å²) in [6.07, 6.45) is 2.45. The molecule has 0 radical (unpaired) electrons. The quantitative estimate of drug-likeness (QED) is 0.606. The molecule has 0 unspecified atom stereocenters. The summed E-state index contributed by atoms with van der Waals surface area (Å²) in [5, 5.41) is 18.5. The van der Waals surface area contributed by atoms with Crippen molar-refractivity contribution < 1.29 is 10.2 Å². The third-order valence-electron chi connectivity index (χ3n) is 2.38. The second-order valence-corrected chi connectivity index (χ2v) is 4.93. The minimum Gasteiger partial charge on any atom is -0.396 e. The lowest BCUT2D eigenvalue weighted by molar-refractivity contribution is 0.179. The highest BCUT2D eigenvalue weighted by Gasteiger charge is 2.11. The van der Waals surface area contributed by atoms with Crippen LogP contribution in [0, 0.1) is 0 Å². The number of nitrogens with two attached hydrogens (primary N) is 1. The summed E-state index contributed by atoms with van der Waals surface area (Å²) in [7, 11) is 0. The molecule has 0 saturated heterocycles. The number of hydrogen-bond donors (Lipinski definition) is 3. The summed E-state index contributed by atoms with van der Waals surface area (Å²) < 4.78 is 1.75. The number of hydrogen-bond acceptors (Lipinski definition) is 7. The van der Waals surface area contributed by atoms with Crippen LogP contribution in [0.15, 0.2) is 12.7 Å². The van der Waals surface area contributed by atoms with Gasteiger partial charge in [0.2, 0.25) is 0 Å². The van der Waals surface area contributed by atoms with Gasteiger partial charge in [-0.2, -0.15) is 11.8 Å². The lowest BCUT2D eigenvalue weighted by Crippen LogP contribution is -2.18. The van der Waals surface area contributed by atoms with Gasteiger partial charge in [-0.3, -0.25) is 0 Å². The van der Waals surface area contributed by atoms with E-state index in [0.29, 0.717) is 35.0 Å². The maximum absolute atomic E-state index is 9.85. The van der Waals surface area contributed by atoms with Crippen LogP contribution in [-0.4, -0.2) is 53.9 Å². The number of imidazole rings is 1. The molecule has 8 heteroatoms. The van der Waals surface area contributed by atoms with Gasteiger partial charge < -0.3 is 20.5 Å². The van der Waals surface area contributed by atoms with E-state index in [2.05, 4.69) is 15.0 Å². The van der Waals surface area contributed by atoms with Crippen LogP contribution in [0.5, 0.6) is 0 Å². The van der Waals surface area contributed by atoms with Crippen LogP contribution in [0.1, 0.15) is 0 Å². The molecule has 0 aliphatic rings. The molecule has 2 aromatic heterocycles. The maximum Gasteiger partial charge on any atom is 0.165 e. The standard InChI is InChI=1S/C10H15N5O2S/c11-9-8-10(13-5-12-9)15(6-14-8)3-7(17)4-18-2-1-16/h5-7,16-17H,1-4H2,(H2,11,12,13)/t7-/m0/s1. The Morgan fingerprint density at radius 1 is 1.39 bits per heavy atom. The third kappa shape index (κ3) is 2.89. The molecule has 0 aromatic carbocycles. The van der Waals surface area contributed by atoms with Gasteiger partial charge in [-0.05, 0) is 0 Å². The number of nitrogen functional groups attached to an aromatic ring is 1. The molecule has 98 valence electrons. The van der Waals surface area contributed by atoms with Crippen molar-refractivity contribution in [3.63, 3.8) is 0 Å². The smallest absolute Gasteiger partial charge is 0.165 e. The van der Waals surface area contributed by atoms with Crippen molar-refractivity contribution in [2.24, 2.45) is 0 Å². The van der Waals surface area contributed by atoms with E-state index in [0.717, 1.165) is 0 Å². The van der Waals surface area contributed by atoms with Crippen molar-refractivity contribution in [1.29, 1.82) is 0 Å². The Hall–Kier alpha value is -1.38. The minimum atomic E-state index is -0.518. The molecule has 0 aliphatic heterocycles. The highest BCUT2D eigenvalue weighted by Crippen LogP contribution is 2.15. The first-order valence-corrected chi connectivity index (χ1v) is 6.66. The average Bonchev–Trinajstić information content (AvgIpc) is 2.74. The molecule has 0 aliphatic carbocycles. The number of thioether (sulfide) groups is 1. The lowest BCUT2D eigenvalue weighted by Gasteiger charge is -2.10. The lowest BCUT2D eigenvalue weighted by atomic mass is 10.4. The average molecular weight is 269 g/mol. The van der Waals surface area contributed by atoms with Gasteiger partial charge in [0.1, 0.15) is 11.8 Å². The van der Waals surface area contributed by atoms with Gasteiger partial charge in [0, 0.05) is 11.5 Å². The fourth-order valence-corrected chi connectivity index (χ4v) is 2.27. The normalized spacial score (nSPS) is 13.0. The third-order valence-corrected chi connectivity index (χ3v) is 3.47. The van der Waals surface area contributed by atoms with Gasteiger partial charge in [0.25, 0.3) is 0 Å². The first-order valence-electron chi connectivity index (χ1n) is 5.50. The van der Waals surface area contributed by atoms with Crippen LogP contribution in [0.2, 0.25) is 0 Å². The van der Waals surface area contributed by atoms with Crippen molar-refractivity contribution >= 4 is 28.7 Å². The predicted molar refractivity (Wildman–Crippen MR) is 70.2 cm³/mol. The Morgan fingerprint density at radius 3 is 3.00 bits per heavy atom. The van der Waals surface area contributed by atoms with Crippen LogP contribution in [0.25, 0.3) is 11.2 Å². The number of aromatic nitrogens is 4. The molecular formula is C10H15N5O2S. The zero-order valence-corrected chi connectivity index (χ0v) is 10.5. The van der Waals surface area contributed by atoms with Gasteiger partial charge in [0.05, 0.1) is 25.6 Å². The van der Waals surface area contributed by atoms with Gasteiger partial charge in [-0.25, -0.2) is 15.0 Å². The van der Waals surface area contributed by atoms with Crippen molar-refractivity contribution in [3.05, 3.63) is 12.7 Å². The van der Waals surface area contributed by atoms with Crippen molar-refractivity contribution in [2.45, 2.75) is 12.6 Å². The number of fused-ring (bicyclic) bond motifs is 1. The molecule has 2 rings (SSSR count). The molecule has 4 N–H and O–H groups in total. The molecule has 0 bridgehead atoms. The van der Waals surface area contributed by atoms with Gasteiger partial charge in [-0.1, -0.05) is 0 Å². The Balaban J connectivity index is 2.05. The predicted octanol–water partition coefficient (Wildman–Crippen LogP) is -0.505. The van der Waals surface area contributed by atoms with E-state index >= 15 is 0 Å². The molecule has 1 atom stereocenters. The first-order chi connectivity index (χ1) is 8.72. The second-order valence-electron chi connectivity index (χ2n) is 3.78. The van der Waals surface area contributed by atoms with Crippen LogP contribution < -0.4 is 5.73 Å². The Bertz CT molecular complexity index is 518. The zero-order chi connectivity index (χ0) is 13.0. The largest absolute Gasteiger partial charge is 0.396 e. The van der Waals surface area contributed by atoms with E-state index in [1.165, 1.54) is 18.1 Å². The van der Waals surface area contributed by atoms with E-state index in [1.807, 2.05) is 0 Å². The molecular weight excluding hydrogens is 254 g/mol. The Kier molecular flexibility index (Phi) is 4.34. The van der Waals surface area contributed by atoms with Crippen LogP contribution >= 0.6 is 11.8 Å². The first kappa shape index (κ1) is 13.1. The Morgan fingerprint density at radius 2 is 2.22 bits per heavy atom. The van der Waals surface area contributed by atoms with E-state index in [9.17, 15) is 5.11 Å². The monoisotopic (exact) mass is 269 g/mol. The van der Waals surface area contributed by atoms with Crippen LogP contribution in [0.4, 0.5) is 5.82 Å². The summed E-state index contributed by atoms with van der Waals surface area (Å²) in [5.41, 5.74) is 6.85. The molecule has 2 aromatic rings. The van der Waals surface area contributed by atoms with Gasteiger partial charge in [0.15, 0.2) is 11.5 Å². The number of rotatable bonds is 6. The van der Waals surface area contributed by atoms with E-state index in [1.54, 1.807) is 10.9 Å². The van der Waals surface area contributed by atoms with Gasteiger partial charge in [-0.15, -0.1) is 0 Å². The van der Waals surface area contributed by atoms with Crippen LogP contribution in [0.3, 0.4) is 0 Å². The molecule has 0 spiro atoms. The topological polar surface area (TPSA) is 110 Å². The molecule has 18 heavy (non-hydrogen) atoms. The summed E-state index contributed by atoms with van der Waals surface area (Å²) in [4.78, 5) is 12.1. The van der Waals surface area contributed by atoms with Crippen molar-refractivity contribution in [3.8, 4) is 0 Å². The number of aliphatic hydroxyl groups excluding tert-OH is 2. The van der Waals surface area contributed by atoms with E-state index in [4.69, 9.17) is 10.8 Å². The summed E-state index contributed by atoms with van der Waals surface area (Å²) in [6.45, 7) is 0.514. The molecule has 0 amide bonds. The summed E-state index contributed by atoms with van der Waals surface area (Å²) >= 11 is 1.50. The van der Waals surface area contributed by atoms with Crippen molar-refractivity contribution in [2.75, 3.05) is 23.8 Å². The van der Waals surface area contributed by atoms with E-state index < -0.39 is 6.10 Å². The zero-order valence-electron chi connectivity index (χ0n) is 9.73. The summed E-state index contributed by atoms with van der Waals surface area (Å²) in [6, 6.07) is 0. The molecule has 0 saturated carbocycles. The minimum absolute atomic E-state index is 0.120. The highest BCUT2D eigenvalue weighted by atomic mass is 32.2. The van der Waals surface area contributed by atoms with Crippen molar-refractivity contribution in [1.82, 2.24) is 19.5 Å². The Labute approximate surface area is 108 Å². The van der Waals surface area contributed by atoms with Gasteiger partial charge >= 0.3 is 0 Å². The number of aliphatic hydroxyl groups is 2. The van der Waals surface area contributed by atoms with E-state index in [-0.39, 0.29) is 6.61 Å². The highest BCUT2D eigenvalue weighted by molar-refractivity contribution is 7.99. The fraction of sp³-hybridized carbons (Fsp3) is 0.500. The molecule has 0 fully saturated rings. The maximum atomic E-state index is 9.85. The fourth-order valence-electron chi connectivity index (χ4n) is 1.60. The number of nitrogens with zero attached hydrogens (tertiary/aromatic N) is 4. The van der Waals surface area contributed by atoms with Crippen LogP contribution in [-0.2, 0) is 6.54 Å². The molecule has 2 heterocycles. The SMILES string of the molecule is Nc1ncnc2c1ncn2C[C@H](O)CSCCO. The summed E-state index contributed by atoms with van der Waals surface area (Å²) in [5.74, 6) is 1.51. The number of anilines is 1. The second kappa shape index (κ2) is 5.98.